The van der Waals surface area contributed by atoms with Gasteiger partial charge in [0.05, 0.1) is 5.56 Å². The van der Waals surface area contributed by atoms with Crippen LogP contribution in [0.5, 0.6) is 0 Å². The maximum Gasteiger partial charge on any atom is 0.255 e. The van der Waals surface area contributed by atoms with Crippen molar-refractivity contribution in [2.75, 3.05) is 5.32 Å². The standard InChI is InChI=1S/C12H16N2O/c1-8(2)12(3)13-10-7-5-4-6-9(10)11(15)14-12/h4-8,13H,1-3H3,(H,14,15)/t12-/m0/s1. The summed E-state index contributed by atoms with van der Waals surface area (Å²) < 4.78 is 0. The third-order valence-electron chi connectivity index (χ3n) is 3.09. The molecule has 3 nitrogen and oxygen atoms in total. The largest absolute Gasteiger partial charge is 0.362 e. The van der Waals surface area contributed by atoms with Crippen molar-refractivity contribution in [1.82, 2.24) is 5.32 Å². The number of anilines is 1. The van der Waals surface area contributed by atoms with Gasteiger partial charge in [-0.1, -0.05) is 26.0 Å². The van der Waals surface area contributed by atoms with Gasteiger partial charge in [0.2, 0.25) is 0 Å². The molecule has 1 atom stereocenters. The van der Waals surface area contributed by atoms with E-state index >= 15 is 0 Å². The smallest absolute Gasteiger partial charge is 0.255 e. The summed E-state index contributed by atoms with van der Waals surface area (Å²) in [6, 6.07) is 7.58. The molecule has 2 N–H and O–H groups in total. The zero-order chi connectivity index (χ0) is 11.1. The fraction of sp³-hybridized carbons (Fsp3) is 0.417. The van der Waals surface area contributed by atoms with E-state index in [1.165, 1.54) is 0 Å². The first-order valence-corrected chi connectivity index (χ1v) is 5.22. The fourth-order valence-corrected chi connectivity index (χ4v) is 1.69. The Hall–Kier alpha value is -1.51. The first-order valence-electron chi connectivity index (χ1n) is 5.22. The average Bonchev–Trinajstić information content (AvgIpc) is 2.17. The Bertz CT molecular complexity index is 400. The lowest BCUT2D eigenvalue weighted by atomic mass is 9.93. The van der Waals surface area contributed by atoms with Crippen molar-refractivity contribution in [3.8, 4) is 0 Å². The highest BCUT2D eigenvalue weighted by molar-refractivity contribution is 6.02. The van der Waals surface area contributed by atoms with Crippen molar-refractivity contribution in [3.63, 3.8) is 0 Å². The zero-order valence-electron chi connectivity index (χ0n) is 9.29. The van der Waals surface area contributed by atoms with Gasteiger partial charge < -0.3 is 10.6 Å². The van der Waals surface area contributed by atoms with Gasteiger partial charge in [-0.05, 0) is 25.0 Å². The van der Waals surface area contributed by atoms with Crippen LogP contribution in [0.25, 0.3) is 0 Å². The molecule has 0 saturated heterocycles. The maximum atomic E-state index is 11.9. The van der Waals surface area contributed by atoms with E-state index in [0.717, 1.165) is 11.3 Å². The molecule has 0 aromatic heterocycles. The molecule has 1 aromatic carbocycles. The molecule has 3 heteroatoms. The molecular weight excluding hydrogens is 188 g/mol. The number of rotatable bonds is 1. The second-order valence-electron chi connectivity index (χ2n) is 4.48. The molecule has 15 heavy (non-hydrogen) atoms. The van der Waals surface area contributed by atoms with Crippen molar-refractivity contribution in [2.45, 2.75) is 26.4 Å². The minimum absolute atomic E-state index is 0.000509. The van der Waals surface area contributed by atoms with Crippen molar-refractivity contribution in [2.24, 2.45) is 5.92 Å². The molecule has 80 valence electrons. The molecule has 0 radical (unpaired) electrons. The number of amides is 1. The van der Waals surface area contributed by atoms with Crippen molar-refractivity contribution in [1.29, 1.82) is 0 Å². The Morgan fingerprint density at radius 1 is 1.20 bits per heavy atom. The monoisotopic (exact) mass is 204 g/mol. The molecule has 0 bridgehead atoms. The third-order valence-corrected chi connectivity index (χ3v) is 3.09. The van der Waals surface area contributed by atoms with Gasteiger partial charge in [-0.15, -0.1) is 0 Å². The minimum atomic E-state index is -0.356. The van der Waals surface area contributed by atoms with Crippen LogP contribution < -0.4 is 10.6 Å². The van der Waals surface area contributed by atoms with Crippen LogP contribution in [0.1, 0.15) is 31.1 Å². The van der Waals surface area contributed by atoms with Gasteiger partial charge in [-0.2, -0.15) is 0 Å². The Labute approximate surface area is 89.9 Å². The van der Waals surface area contributed by atoms with Crippen LogP contribution in [0, 0.1) is 5.92 Å². The number of carbonyl (C=O) groups excluding carboxylic acids is 1. The summed E-state index contributed by atoms with van der Waals surface area (Å²) in [5.74, 6) is 0.329. The van der Waals surface area contributed by atoms with Gasteiger partial charge >= 0.3 is 0 Å². The van der Waals surface area contributed by atoms with E-state index in [1.54, 1.807) is 0 Å². The topological polar surface area (TPSA) is 41.1 Å². The first kappa shape index (κ1) is 10.0. The lowest BCUT2D eigenvalue weighted by Crippen LogP contribution is -2.58. The normalized spacial score (nSPS) is 24.4. The summed E-state index contributed by atoms with van der Waals surface area (Å²) in [7, 11) is 0. The quantitative estimate of drug-likeness (QED) is 0.736. The van der Waals surface area contributed by atoms with Crippen molar-refractivity contribution >= 4 is 11.6 Å². The van der Waals surface area contributed by atoms with Crippen LogP contribution in [0.2, 0.25) is 0 Å². The van der Waals surface area contributed by atoms with Crippen LogP contribution in [-0.2, 0) is 0 Å². The second-order valence-corrected chi connectivity index (χ2v) is 4.48. The molecule has 0 spiro atoms. The summed E-state index contributed by atoms with van der Waals surface area (Å²) in [6.45, 7) is 6.17. The Kier molecular flexibility index (Phi) is 2.18. The van der Waals surface area contributed by atoms with Gasteiger partial charge in [0, 0.05) is 5.69 Å². The van der Waals surface area contributed by atoms with E-state index in [9.17, 15) is 4.79 Å². The number of hydrogen-bond acceptors (Lipinski definition) is 2. The van der Waals surface area contributed by atoms with Crippen LogP contribution in [0.3, 0.4) is 0 Å². The van der Waals surface area contributed by atoms with Crippen LogP contribution >= 0.6 is 0 Å². The highest BCUT2D eigenvalue weighted by atomic mass is 16.2. The van der Waals surface area contributed by atoms with Crippen LogP contribution in [-0.4, -0.2) is 11.6 Å². The van der Waals surface area contributed by atoms with E-state index in [-0.39, 0.29) is 11.6 Å². The fourth-order valence-electron chi connectivity index (χ4n) is 1.69. The number of hydrogen-bond donors (Lipinski definition) is 2. The summed E-state index contributed by atoms with van der Waals surface area (Å²) >= 11 is 0. The Morgan fingerprint density at radius 3 is 2.53 bits per heavy atom. The first-order chi connectivity index (χ1) is 7.03. The molecule has 1 heterocycles. The molecule has 2 rings (SSSR count). The predicted octanol–water partition coefficient (Wildman–Crippen LogP) is 2.21. The summed E-state index contributed by atoms with van der Waals surface area (Å²) in [6.07, 6.45) is 0. The van der Waals surface area contributed by atoms with Crippen molar-refractivity contribution < 1.29 is 4.79 Å². The number of para-hydroxylation sites is 1. The Balaban J connectivity index is 2.42. The number of nitrogens with one attached hydrogen (secondary N) is 2. The van der Waals surface area contributed by atoms with E-state index in [2.05, 4.69) is 24.5 Å². The van der Waals surface area contributed by atoms with E-state index in [4.69, 9.17) is 0 Å². The van der Waals surface area contributed by atoms with Gasteiger partial charge in [-0.25, -0.2) is 0 Å². The molecule has 0 fully saturated rings. The molecule has 0 unspecified atom stereocenters. The molecular formula is C12H16N2O. The van der Waals surface area contributed by atoms with E-state index in [0.29, 0.717) is 5.92 Å². The van der Waals surface area contributed by atoms with Gasteiger partial charge in [0.15, 0.2) is 0 Å². The second kappa shape index (κ2) is 3.26. The SMILES string of the molecule is CC(C)[C@]1(C)NC(=O)c2ccccc2N1. The Morgan fingerprint density at radius 2 is 1.87 bits per heavy atom. The van der Waals surface area contributed by atoms with Gasteiger partial charge in [0.1, 0.15) is 5.66 Å². The lowest BCUT2D eigenvalue weighted by Gasteiger charge is -2.40. The predicted molar refractivity (Wildman–Crippen MR) is 60.8 cm³/mol. The summed E-state index contributed by atoms with van der Waals surface area (Å²) in [4.78, 5) is 11.9. The van der Waals surface area contributed by atoms with Gasteiger partial charge in [0.25, 0.3) is 5.91 Å². The van der Waals surface area contributed by atoms with E-state index in [1.807, 2.05) is 31.2 Å². The number of carbonyl (C=O) groups is 1. The lowest BCUT2D eigenvalue weighted by molar-refractivity contribution is 0.0884. The highest BCUT2D eigenvalue weighted by Crippen LogP contribution is 2.28. The number of fused-ring (bicyclic) bond motifs is 1. The third kappa shape index (κ3) is 1.58. The van der Waals surface area contributed by atoms with Crippen LogP contribution in [0.4, 0.5) is 5.69 Å². The molecule has 1 aromatic rings. The summed E-state index contributed by atoms with van der Waals surface area (Å²) in [5, 5.41) is 6.37. The summed E-state index contributed by atoms with van der Waals surface area (Å²) in [5.41, 5.74) is 1.28. The average molecular weight is 204 g/mol. The molecule has 1 amide bonds. The molecule has 1 aliphatic heterocycles. The van der Waals surface area contributed by atoms with E-state index < -0.39 is 0 Å². The van der Waals surface area contributed by atoms with Crippen LogP contribution in [0.15, 0.2) is 24.3 Å². The van der Waals surface area contributed by atoms with Crippen molar-refractivity contribution in [3.05, 3.63) is 29.8 Å². The molecule has 0 aliphatic carbocycles. The number of benzene rings is 1. The molecule has 0 saturated carbocycles. The maximum absolute atomic E-state index is 11.9. The molecule has 1 aliphatic rings. The highest BCUT2D eigenvalue weighted by Gasteiger charge is 2.35. The zero-order valence-corrected chi connectivity index (χ0v) is 9.29. The minimum Gasteiger partial charge on any atom is -0.362 e. The van der Waals surface area contributed by atoms with Gasteiger partial charge in [-0.3, -0.25) is 4.79 Å².